The molecule has 0 aliphatic rings. The van der Waals surface area contributed by atoms with Gasteiger partial charge in [0.25, 0.3) is 0 Å². The van der Waals surface area contributed by atoms with Crippen molar-refractivity contribution in [1.29, 1.82) is 0 Å². The van der Waals surface area contributed by atoms with E-state index in [9.17, 15) is 4.11 Å². The van der Waals surface area contributed by atoms with Crippen molar-refractivity contribution in [2.24, 2.45) is 0 Å². The van der Waals surface area contributed by atoms with Crippen molar-refractivity contribution in [2.75, 3.05) is 0 Å². The van der Waals surface area contributed by atoms with Gasteiger partial charge < -0.3 is 0 Å². The largest absolute Gasteiger partial charge is 0.208 e. The number of rotatable bonds is 6. The first-order valence-corrected chi connectivity index (χ1v) is 16.4. The van der Waals surface area contributed by atoms with Crippen LogP contribution >= 0.6 is 11.3 Å². The summed E-state index contributed by atoms with van der Waals surface area (Å²) in [6, 6.07) is 32.5. The second-order valence-electron chi connectivity index (χ2n) is 11.3. The van der Waals surface area contributed by atoms with Gasteiger partial charge >= 0.3 is 0 Å². The van der Waals surface area contributed by atoms with Crippen LogP contribution in [-0.4, -0.2) is 15.0 Å². The van der Waals surface area contributed by atoms with Gasteiger partial charge in [0.2, 0.25) is 0 Å². The maximum atomic E-state index is 9.53. The Kier molecular flexibility index (Phi) is 5.12. The molecule has 0 amide bonds. The number of hydrogen-bond donors (Lipinski definition) is 0. The zero-order valence-electron chi connectivity index (χ0n) is 35.7. The standard InChI is InChI=1S/C45H29N3S/c1-4-11-30(12-5-1)33-19-21-34(22-20-33)43-46-44(37-18-10-17-35(27-37)31-13-6-2-7-14-31)48-45(47-43)38-23-25-39-40-28-36(32-15-8-3-9-16-32)24-26-41(40)49-42(39)29-38/h1-29H/i3D,8D,9D,15D,16D,23D,24D,25D,26D,29D. The lowest BCUT2D eigenvalue weighted by molar-refractivity contribution is 1.07. The van der Waals surface area contributed by atoms with Crippen LogP contribution in [0.15, 0.2) is 176 Å². The molecule has 9 rings (SSSR count). The Morgan fingerprint density at radius 3 is 1.67 bits per heavy atom. The topological polar surface area (TPSA) is 38.7 Å². The molecule has 0 aliphatic carbocycles. The molecule has 0 fully saturated rings. The third-order valence-electron chi connectivity index (χ3n) is 8.20. The number of benzene rings is 7. The summed E-state index contributed by atoms with van der Waals surface area (Å²) in [6.07, 6.45) is 0. The summed E-state index contributed by atoms with van der Waals surface area (Å²) in [6.45, 7) is 0. The summed E-state index contributed by atoms with van der Waals surface area (Å²) in [7, 11) is 0. The van der Waals surface area contributed by atoms with Crippen molar-refractivity contribution in [2.45, 2.75) is 0 Å². The highest BCUT2D eigenvalue weighted by atomic mass is 32.1. The molecule has 0 saturated carbocycles. The average Bonchev–Trinajstić information content (AvgIpc) is 3.67. The summed E-state index contributed by atoms with van der Waals surface area (Å²) in [5.41, 5.74) is 4.98. The lowest BCUT2D eigenvalue weighted by Crippen LogP contribution is -2.00. The highest BCUT2D eigenvalue weighted by Crippen LogP contribution is 2.38. The Labute approximate surface area is 302 Å². The van der Waals surface area contributed by atoms with Crippen molar-refractivity contribution in [3.05, 3.63) is 176 Å². The normalized spacial score (nSPS) is 14.1. The van der Waals surface area contributed by atoms with Crippen LogP contribution in [0.3, 0.4) is 0 Å². The Morgan fingerprint density at radius 1 is 0.367 bits per heavy atom. The van der Waals surface area contributed by atoms with Crippen LogP contribution in [0.25, 0.3) is 87.7 Å². The van der Waals surface area contributed by atoms with E-state index in [4.69, 9.17) is 24.5 Å². The lowest BCUT2D eigenvalue weighted by atomic mass is 10.0. The molecule has 9 aromatic rings. The summed E-state index contributed by atoms with van der Waals surface area (Å²) in [5, 5.41) is 0.437. The van der Waals surface area contributed by atoms with E-state index in [0.717, 1.165) is 33.6 Å². The van der Waals surface area contributed by atoms with Crippen molar-refractivity contribution < 1.29 is 13.7 Å². The number of fused-ring (bicyclic) bond motifs is 3. The molecular formula is C45H29N3S. The van der Waals surface area contributed by atoms with E-state index in [2.05, 4.69) is 0 Å². The van der Waals surface area contributed by atoms with E-state index in [0.29, 0.717) is 22.8 Å². The minimum absolute atomic E-state index is 0.0113. The molecule has 4 heteroatoms. The predicted octanol–water partition coefficient (Wildman–Crippen LogP) is 12.2. The van der Waals surface area contributed by atoms with Crippen molar-refractivity contribution in [3.8, 4) is 67.5 Å². The molecule has 7 aromatic carbocycles. The average molecular weight is 654 g/mol. The van der Waals surface area contributed by atoms with Gasteiger partial charge in [0.05, 0.1) is 13.7 Å². The second kappa shape index (κ2) is 12.4. The van der Waals surface area contributed by atoms with Gasteiger partial charge in [0, 0.05) is 36.9 Å². The Hall–Kier alpha value is -6.23. The maximum absolute atomic E-state index is 9.53. The van der Waals surface area contributed by atoms with Gasteiger partial charge in [-0.1, -0.05) is 151 Å². The molecular weight excluding hydrogens is 615 g/mol. The van der Waals surface area contributed by atoms with Gasteiger partial charge in [0.15, 0.2) is 17.5 Å². The predicted molar refractivity (Wildman–Crippen MR) is 205 cm³/mol. The van der Waals surface area contributed by atoms with E-state index in [1.165, 1.54) is 6.07 Å². The molecule has 2 heterocycles. The molecule has 3 nitrogen and oxygen atoms in total. The number of hydrogen-bond acceptors (Lipinski definition) is 4. The van der Waals surface area contributed by atoms with Crippen LogP contribution < -0.4 is 0 Å². The van der Waals surface area contributed by atoms with E-state index >= 15 is 0 Å². The second-order valence-corrected chi connectivity index (χ2v) is 12.3. The summed E-state index contributed by atoms with van der Waals surface area (Å²) in [4.78, 5) is 14.6. The maximum Gasteiger partial charge on any atom is 0.164 e. The molecule has 49 heavy (non-hydrogen) atoms. The quantitative estimate of drug-likeness (QED) is 0.179. The molecule has 2 aromatic heterocycles. The highest BCUT2D eigenvalue weighted by Gasteiger charge is 2.15. The summed E-state index contributed by atoms with van der Waals surface area (Å²) >= 11 is 1.01. The lowest BCUT2D eigenvalue weighted by Gasteiger charge is -2.10. The van der Waals surface area contributed by atoms with Gasteiger partial charge in [0.1, 0.15) is 0 Å². The highest BCUT2D eigenvalue weighted by molar-refractivity contribution is 7.25. The minimum atomic E-state index is -0.583. The minimum Gasteiger partial charge on any atom is -0.208 e. The van der Waals surface area contributed by atoms with Crippen molar-refractivity contribution >= 4 is 31.5 Å². The smallest absolute Gasteiger partial charge is 0.164 e. The van der Waals surface area contributed by atoms with E-state index < -0.39 is 30.2 Å². The molecule has 0 aliphatic heterocycles. The third-order valence-corrected chi connectivity index (χ3v) is 9.24. The van der Waals surface area contributed by atoms with E-state index in [-0.39, 0.29) is 72.9 Å². The van der Waals surface area contributed by atoms with E-state index in [1.54, 1.807) is 0 Å². The Balaban J connectivity index is 1.26. The molecule has 0 radical (unpaired) electrons. The monoisotopic (exact) mass is 653 g/mol. The van der Waals surface area contributed by atoms with Crippen LogP contribution in [0.1, 0.15) is 13.7 Å². The van der Waals surface area contributed by atoms with Gasteiger partial charge in [-0.3, -0.25) is 0 Å². The van der Waals surface area contributed by atoms with Gasteiger partial charge in [-0.15, -0.1) is 11.3 Å². The molecule has 0 saturated heterocycles. The van der Waals surface area contributed by atoms with Gasteiger partial charge in [-0.05, 0) is 57.6 Å². The third kappa shape index (κ3) is 5.69. The fourth-order valence-electron chi connectivity index (χ4n) is 5.75. The number of aromatic nitrogens is 3. The first kappa shape index (κ1) is 20.2. The first-order valence-electron chi connectivity index (χ1n) is 20.5. The molecule has 0 unspecified atom stereocenters. The fraction of sp³-hybridized carbons (Fsp3) is 0. The molecule has 0 spiro atoms. The summed E-state index contributed by atoms with van der Waals surface area (Å²) in [5.74, 6) is 0.608. The zero-order valence-corrected chi connectivity index (χ0v) is 26.5. The molecule has 230 valence electrons. The van der Waals surface area contributed by atoms with Crippen molar-refractivity contribution in [1.82, 2.24) is 15.0 Å². The van der Waals surface area contributed by atoms with Gasteiger partial charge in [-0.25, -0.2) is 15.0 Å². The Morgan fingerprint density at radius 2 is 0.939 bits per heavy atom. The first-order chi connectivity index (χ1) is 28.4. The van der Waals surface area contributed by atoms with Gasteiger partial charge in [-0.2, -0.15) is 0 Å². The zero-order chi connectivity index (χ0) is 41.3. The molecule has 0 bridgehead atoms. The van der Waals surface area contributed by atoms with E-state index in [1.807, 2.05) is 109 Å². The number of thiophene rings is 1. The Bertz CT molecular complexity index is 3130. The van der Waals surface area contributed by atoms with Crippen molar-refractivity contribution in [3.63, 3.8) is 0 Å². The molecule has 0 atom stereocenters. The summed E-state index contributed by atoms with van der Waals surface area (Å²) < 4.78 is 88.0. The van der Waals surface area contributed by atoms with Crippen LogP contribution in [0.4, 0.5) is 0 Å². The number of nitrogens with zero attached hydrogens (tertiary/aromatic N) is 3. The van der Waals surface area contributed by atoms with Crippen LogP contribution in [-0.2, 0) is 0 Å². The fourth-order valence-corrected chi connectivity index (χ4v) is 6.74. The van der Waals surface area contributed by atoms with Crippen LogP contribution in [0, 0.1) is 0 Å². The van der Waals surface area contributed by atoms with Crippen LogP contribution in [0.2, 0.25) is 0 Å². The molecule has 0 N–H and O–H groups in total. The van der Waals surface area contributed by atoms with Crippen LogP contribution in [0.5, 0.6) is 0 Å². The SMILES string of the molecule is [2H]c1c([2H])c([2H])c(-c2cc3c(sc4c([2H])c(-c5nc(-c6ccc(-c7ccccc7)cc6)nc(-c6cccc(-c7ccccc7)c6)n5)c([2H])c([2H])c43)c([2H])c2[2H])c([2H])c1[2H].